The fourth-order valence-corrected chi connectivity index (χ4v) is 2.32. The van der Waals surface area contributed by atoms with E-state index in [0.717, 1.165) is 23.5 Å². The maximum atomic E-state index is 14.0. The number of aromatic nitrogens is 1. The van der Waals surface area contributed by atoms with E-state index in [9.17, 15) is 22.8 Å². The number of amides is 2. The van der Waals surface area contributed by atoms with Crippen LogP contribution in [0.2, 0.25) is 0 Å². The molecule has 2 amide bonds. The minimum absolute atomic E-state index is 0.370. The van der Waals surface area contributed by atoms with Crippen LogP contribution in [0.5, 0.6) is 0 Å². The SMILES string of the molecule is CC(=O)N(CC(=O)N(C)CCc1ccncc1)c1ccc(F)c(F)c1F. The van der Waals surface area contributed by atoms with E-state index in [4.69, 9.17) is 0 Å². The Morgan fingerprint density at radius 3 is 2.31 bits per heavy atom. The molecule has 0 N–H and O–H groups in total. The average molecular weight is 365 g/mol. The van der Waals surface area contributed by atoms with Gasteiger partial charge in [0.05, 0.1) is 5.69 Å². The Bertz CT molecular complexity index is 800. The van der Waals surface area contributed by atoms with Crippen LogP contribution in [-0.4, -0.2) is 41.8 Å². The van der Waals surface area contributed by atoms with Gasteiger partial charge in [-0.25, -0.2) is 13.2 Å². The van der Waals surface area contributed by atoms with E-state index in [1.165, 1.54) is 4.90 Å². The van der Waals surface area contributed by atoms with E-state index in [1.54, 1.807) is 19.4 Å². The van der Waals surface area contributed by atoms with E-state index >= 15 is 0 Å². The molecule has 0 aliphatic heterocycles. The molecule has 0 saturated heterocycles. The van der Waals surface area contributed by atoms with Crippen LogP contribution in [-0.2, 0) is 16.0 Å². The summed E-state index contributed by atoms with van der Waals surface area (Å²) in [7, 11) is 1.55. The molecule has 0 atom stereocenters. The monoisotopic (exact) mass is 365 g/mol. The third-order valence-corrected chi connectivity index (χ3v) is 3.89. The molecule has 0 radical (unpaired) electrons. The predicted molar refractivity (Wildman–Crippen MR) is 89.9 cm³/mol. The molecule has 2 aromatic rings. The van der Waals surface area contributed by atoms with Crippen LogP contribution in [0, 0.1) is 17.5 Å². The smallest absolute Gasteiger partial charge is 0.242 e. The molecule has 0 fully saturated rings. The van der Waals surface area contributed by atoms with E-state index in [0.29, 0.717) is 19.0 Å². The number of hydrogen-bond acceptors (Lipinski definition) is 3. The van der Waals surface area contributed by atoms with Crippen LogP contribution < -0.4 is 4.90 Å². The Kier molecular flexibility index (Phi) is 6.32. The predicted octanol–water partition coefficient (Wildman–Crippen LogP) is 2.55. The van der Waals surface area contributed by atoms with Gasteiger partial charge in [-0.2, -0.15) is 0 Å². The molecule has 0 bridgehead atoms. The maximum absolute atomic E-state index is 14.0. The third kappa shape index (κ3) is 4.59. The summed E-state index contributed by atoms with van der Waals surface area (Å²) in [5.41, 5.74) is 0.502. The van der Waals surface area contributed by atoms with Crippen molar-refractivity contribution in [1.82, 2.24) is 9.88 Å². The normalized spacial score (nSPS) is 10.5. The van der Waals surface area contributed by atoms with Crippen molar-refractivity contribution in [3.8, 4) is 0 Å². The lowest BCUT2D eigenvalue weighted by Crippen LogP contribution is -2.41. The number of halogens is 3. The molecule has 0 unspecified atom stereocenters. The van der Waals surface area contributed by atoms with Gasteiger partial charge in [-0.15, -0.1) is 0 Å². The number of nitrogens with zero attached hydrogens (tertiary/aromatic N) is 3. The molecule has 5 nitrogen and oxygen atoms in total. The number of benzene rings is 1. The maximum Gasteiger partial charge on any atom is 0.242 e. The van der Waals surface area contributed by atoms with Crippen molar-refractivity contribution in [2.75, 3.05) is 25.0 Å². The molecular weight excluding hydrogens is 347 g/mol. The molecule has 1 heterocycles. The van der Waals surface area contributed by atoms with Gasteiger partial charge in [0.25, 0.3) is 0 Å². The van der Waals surface area contributed by atoms with Crippen LogP contribution >= 0.6 is 0 Å². The second-order valence-corrected chi connectivity index (χ2v) is 5.72. The summed E-state index contributed by atoms with van der Waals surface area (Å²) in [4.78, 5) is 30.2. The highest BCUT2D eigenvalue weighted by molar-refractivity contribution is 5.97. The van der Waals surface area contributed by atoms with E-state index < -0.39 is 41.5 Å². The number of hydrogen-bond donors (Lipinski definition) is 0. The van der Waals surface area contributed by atoms with E-state index in [-0.39, 0.29) is 0 Å². The molecule has 8 heteroatoms. The summed E-state index contributed by atoms with van der Waals surface area (Å²) in [5.74, 6) is -5.68. The molecule has 0 aliphatic carbocycles. The summed E-state index contributed by atoms with van der Waals surface area (Å²) in [5, 5.41) is 0. The number of likely N-dealkylation sites (N-methyl/N-ethyl adjacent to an activating group) is 1. The van der Waals surface area contributed by atoms with E-state index in [1.807, 2.05) is 12.1 Å². The Labute approximate surface area is 149 Å². The highest BCUT2D eigenvalue weighted by Gasteiger charge is 2.24. The first kappa shape index (κ1) is 19.4. The lowest BCUT2D eigenvalue weighted by Gasteiger charge is -2.25. The van der Waals surface area contributed by atoms with Gasteiger partial charge >= 0.3 is 0 Å². The summed E-state index contributed by atoms with van der Waals surface area (Å²) in [6, 6.07) is 5.27. The van der Waals surface area contributed by atoms with Gasteiger partial charge in [-0.1, -0.05) is 0 Å². The molecule has 26 heavy (non-hydrogen) atoms. The van der Waals surface area contributed by atoms with Crippen molar-refractivity contribution >= 4 is 17.5 Å². The zero-order valence-corrected chi connectivity index (χ0v) is 14.4. The lowest BCUT2D eigenvalue weighted by molar-refractivity contribution is -0.130. The third-order valence-electron chi connectivity index (χ3n) is 3.89. The Morgan fingerprint density at radius 2 is 1.69 bits per heavy atom. The van der Waals surface area contributed by atoms with Gasteiger partial charge in [-0.05, 0) is 36.2 Å². The first-order valence-corrected chi connectivity index (χ1v) is 7.85. The summed E-state index contributed by atoms with van der Waals surface area (Å²) in [6.45, 7) is 1.00. The zero-order chi connectivity index (χ0) is 19.3. The van der Waals surface area contributed by atoms with Gasteiger partial charge in [0.15, 0.2) is 17.5 Å². The van der Waals surface area contributed by atoms with Crippen LogP contribution in [0.4, 0.5) is 18.9 Å². The number of anilines is 1. The molecular formula is C18H18F3N3O2. The minimum atomic E-state index is -1.69. The fourth-order valence-electron chi connectivity index (χ4n) is 2.32. The number of pyridine rings is 1. The fraction of sp³-hybridized carbons (Fsp3) is 0.278. The first-order chi connectivity index (χ1) is 12.3. The molecule has 0 aliphatic rings. The van der Waals surface area contributed by atoms with Gasteiger partial charge in [0.1, 0.15) is 6.54 Å². The van der Waals surface area contributed by atoms with Crippen molar-refractivity contribution in [1.29, 1.82) is 0 Å². The van der Waals surface area contributed by atoms with Crippen molar-refractivity contribution in [2.45, 2.75) is 13.3 Å². The molecule has 138 valence electrons. The van der Waals surface area contributed by atoms with Gasteiger partial charge < -0.3 is 9.80 Å². The quantitative estimate of drug-likeness (QED) is 0.740. The molecule has 2 rings (SSSR count). The molecule has 1 aromatic carbocycles. The van der Waals surface area contributed by atoms with Crippen LogP contribution in [0.15, 0.2) is 36.7 Å². The average Bonchev–Trinajstić information content (AvgIpc) is 2.63. The summed E-state index contributed by atoms with van der Waals surface area (Å²) < 4.78 is 40.5. The second-order valence-electron chi connectivity index (χ2n) is 5.72. The number of carbonyl (C=O) groups is 2. The second kappa shape index (κ2) is 8.46. The minimum Gasteiger partial charge on any atom is -0.344 e. The Morgan fingerprint density at radius 1 is 1.04 bits per heavy atom. The number of rotatable bonds is 6. The van der Waals surface area contributed by atoms with Crippen molar-refractivity contribution in [2.24, 2.45) is 0 Å². The van der Waals surface area contributed by atoms with Crippen LogP contribution in [0.1, 0.15) is 12.5 Å². The molecule has 0 spiro atoms. The Hall–Kier alpha value is -2.90. The molecule has 1 aromatic heterocycles. The van der Waals surface area contributed by atoms with Gasteiger partial charge in [-0.3, -0.25) is 14.6 Å². The molecule has 0 saturated carbocycles. The summed E-state index contributed by atoms with van der Waals surface area (Å²) >= 11 is 0. The Balaban J connectivity index is 2.08. The summed E-state index contributed by atoms with van der Waals surface area (Å²) in [6.07, 6.45) is 3.85. The van der Waals surface area contributed by atoms with Crippen molar-refractivity contribution in [3.63, 3.8) is 0 Å². The zero-order valence-electron chi connectivity index (χ0n) is 14.4. The standard InChI is InChI=1S/C18H18F3N3O2/c1-12(25)24(15-4-3-14(19)17(20)18(15)21)11-16(26)23(2)10-7-13-5-8-22-9-6-13/h3-6,8-9H,7,10-11H2,1-2H3. The lowest BCUT2D eigenvalue weighted by atomic mass is 10.2. The van der Waals surface area contributed by atoms with Gasteiger partial charge in [0.2, 0.25) is 11.8 Å². The topological polar surface area (TPSA) is 53.5 Å². The van der Waals surface area contributed by atoms with Crippen LogP contribution in [0.3, 0.4) is 0 Å². The first-order valence-electron chi connectivity index (χ1n) is 7.85. The highest BCUT2D eigenvalue weighted by Crippen LogP contribution is 2.23. The van der Waals surface area contributed by atoms with Crippen LogP contribution in [0.25, 0.3) is 0 Å². The number of carbonyl (C=O) groups excluding carboxylic acids is 2. The van der Waals surface area contributed by atoms with Crippen molar-refractivity contribution in [3.05, 3.63) is 59.7 Å². The van der Waals surface area contributed by atoms with Crippen molar-refractivity contribution < 1.29 is 22.8 Å². The van der Waals surface area contributed by atoms with Gasteiger partial charge in [0, 0.05) is 32.9 Å². The van der Waals surface area contributed by atoms with E-state index in [2.05, 4.69) is 4.98 Å². The highest BCUT2D eigenvalue weighted by atomic mass is 19.2. The largest absolute Gasteiger partial charge is 0.344 e.